The van der Waals surface area contributed by atoms with Gasteiger partial charge in [-0.2, -0.15) is 0 Å². The minimum Gasteiger partial charge on any atom is -0.492 e. The van der Waals surface area contributed by atoms with Crippen molar-refractivity contribution in [3.8, 4) is 11.5 Å². The number of fused-ring (bicyclic) bond motifs is 1. The van der Waals surface area contributed by atoms with Crippen LogP contribution < -0.4 is 14.8 Å². The lowest BCUT2D eigenvalue weighted by atomic mass is 10.1. The standard InChI is InChI=1S/C27H28ClN3O3/c1-18-14-19(2)16-23(15-18)33-13-12-31-25-7-5-4-6-24(25)30-27(31)20(3)29-26(32)17-34-22-10-8-21(28)9-11-22/h4-11,14-16,20H,12-13,17H2,1-3H3,(H,29,32). The molecule has 1 atom stereocenters. The van der Waals surface area contributed by atoms with Gasteiger partial charge in [-0.15, -0.1) is 0 Å². The number of nitrogens with one attached hydrogen (secondary N) is 1. The van der Waals surface area contributed by atoms with E-state index < -0.39 is 0 Å². The maximum Gasteiger partial charge on any atom is 0.258 e. The molecule has 1 N–H and O–H groups in total. The van der Waals surface area contributed by atoms with Gasteiger partial charge in [0.15, 0.2) is 6.61 Å². The first-order chi connectivity index (χ1) is 16.4. The molecule has 0 aliphatic rings. The van der Waals surface area contributed by atoms with Crippen molar-refractivity contribution in [3.63, 3.8) is 0 Å². The molecule has 1 amide bonds. The summed E-state index contributed by atoms with van der Waals surface area (Å²) in [5.74, 6) is 1.98. The Kier molecular flexibility index (Phi) is 7.38. The zero-order chi connectivity index (χ0) is 24.1. The number of rotatable bonds is 9. The van der Waals surface area contributed by atoms with E-state index >= 15 is 0 Å². The van der Waals surface area contributed by atoms with Crippen LogP contribution in [-0.2, 0) is 11.3 Å². The number of aromatic nitrogens is 2. The third-order valence-electron chi connectivity index (χ3n) is 5.41. The van der Waals surface area contributed by atoms with Gasteiger partial charge in [-0.25, -0.2) is 4.98 Å². The Bertz CT molecular complexity index is 1260. The fourth-order valence-corrected chi connectivity index (χ4v) is 4.08. The molecule has 4 rings (SSSR count). The predicted octanol–water partition coefficient (Wildman–Crippen LogP) is 5.64. The van der Waals surface area contributed by atoms with Gasteiger partial charge in [-0.3, -0.25) is 4.79 Å². The lowest BCUT2D eigenvalue weighted by Gasteiger charge is -2.17. The first-order valence-corrected chi connectivity index (χ1v) is 11.6. The topological polar surface area (TPSA) is 65.4 Å². The molecule has 0 fully saturated rings. The first kappa shape index (κ1) is 23.6. The highest BCUT2D eigenvalue weighted by molar-refractivity contribution is 6.30. The van der Waals surface area contributed by atoms with Crippen LogP contribution in [0.4, 0.5) is 0 Å². The molecule has 34 heavy (non-hydrogen) atoms. The monoisotopic (exact) mass is 477 g/mol. The van der Waals surface area contributed by atoms with Crippen molar-refractivity contribution in [1.82, 2.24) is 14.9 Å². The zero-order valence-electron chi connectivity index (χ0n) is 19.5. The van der Waals surface area contributed by atoms with E-state index in [0.717, 1.165) is 22.6 Å². The van der Waals surface area contributed by atoms with Crippen LogP contribution >= 0.6 is 11.6 Å². The Morgan fingerprint density at radius 1 is 1.00 bits per heavy atom. The van der Waals surface area contributed by atoms with Crippen molar-refractivity contribution in [2.24, 2.45) is 0 Å². The van der Waals surface area contributed by atoms with Gasteiger partial charge in [0, 0.05) is 5.02 Å². The second kappa shape index (κ2) is 10.6. The number of imidazole rings is 1. The van der Waals surface area contributed by atoms with Crippen LogP contribution in [0.25, 0.3) is 11.0 Å². The average molecular weight is 478 g/mol. The summed E-state index contributed by atoms with van der Waals surface area (Å²) in [6.45, 7) is 7.02. The Hall–Kier alpha value is -3.51. The van der Waals surface area contributed by atoms with E-state index in [2.05, 4.69) is 29.8 Å². The molecule has 0 saturated carbocycles. The van der Waals surface area contributed by atoms with Gasteiger partial charge in [0.1, 0.15) is 23.9 Å². The van der Waals surface area contributed by atoms with Crippen molar-refractivity contribution in [3.05, 3.63) is 88.7 Å². The van der Waals surface area contributed by atoms with Gasteiger partial charge >= 0.3 is 0 Å². The van der Waals surface area contributed by atoms with Crippen LogP contribution in [0.3, 0.4) is 0 Å². The normalized spacial score (nSPS) is 11.9. The predicted molar refractivity (Wildman–Crippen MR) is 135 cm³/mol. The van der Waals surface area contributed by atoms with Crippen LogP contribution in [0.2, 0.25) is 5.02 Å². The van der Waals surface area contributed by atoms with Crippen molar-refractivity contribution in [1.29, 1.82) is 0 Å². The Balaban J connectivity index is 1.44. The summed E-state index contributed by atoms with van der Waals surface area (Å²) < 4.78 is 13.7. The molecule has 0 aliphatic carbocycles. The number of amides is 1. The summed E-state index contributed by atoms with van der Waals surface area (Å²) in [6, 6.07) is 20.7. The summed E-state index contributed by atoms with van der Waals surface area (Å²) in [6.07, 6.45) is 0. The van der Waals surface area contributed by atoms with E-state index in [1.54, 1.807) is 24.3 Å². The second-order valence-electron chi connectivity index (χ2n) is 8.31. The highest BCUT2D eigenvalue weighted by Crippen LogP contribution is 2.22. The van der Waals surface area contributed by atoms with Crippen LogP contribution in [-0.4, -0.2) is 28.7 Å². The molecule has 1 unspecified atom stereocenters. The molecule has 0 spiro atoms. The number of hydrogen-bond acceptors (Lipinski definition) is 4. The summed E-state index contributed by atoms with van der Waals surface area (Å²) >= 11 is 5.89. The van der Waals surface area contributed by atoms with Gasteiger partial charge in [0.05, 0.1) is 23.6 Å². The number of para-hydroxylation sites is 2. The fraction of sp³-hybridized carbons (Fsp3) is 0.259. The van der Waals surface area contributed by atoms with Crippen molar-refractivity contribution >= 4 is 28.5 Å². The highest BCUT2D eigenvalue weighted by atomic mass is 35.5. The molecule has 4 aromatic rings. The quantitative estimate of drug-likeness (QED) is 0.338. The SMILES string of the molecule is Cc1cc(C)cc(OCCn2c(C(C)NC(=O)COc3ccc(Cl)cc3)nc3ccccc32)c1. The molecule has 0 saturated heterocycles. The molecular weight excluding hydrogens is 450 g/mol. The minimum absolute atomic E-state index is 0.0952. The fourth-order valence-electron chi connectivity index (χ4n) is 3.96. The zero-order valence-corrected chi connectivity index (χ0v) is 20.3. The summed E-state index contributed by atoms with van der Waals surface area (Å²) in [7, 11) is 0. The Labute approximate surface area is 204 Å². The highest BCUT2D eigenvalue weighted by Gasteiger charge is 2.19. The lowest BCUT2D eigenvalue weighted by Crippen LogP contribution is -2.33. The van der Waals surface area contributed by atoms with E-state index in [9.17, 15) is 4.79 Å². The average Bonchev–Trinajstić information content (AvgIpc) is 3.17. The number of aryl methyl sites for hydroxylation is 2. The van der Waals surface area contributed by atoms with E-state index in [4.69, 9.17) is 26.1 Å². The van der Waals surface area contributed by atoms with Gasteiger partial charge in [0.2, 0.25) is 0 Å². The molecular formula is C27H28ClN3O3. The summed E-state index contributed by atoms with van der Waals surface area (Å²) in [5, 5.41) is 3.60. The van der Waals surface area contributed by atoms with Crippen LogP contribution in [0.15, 0.2) is 66.7 Å². The maximum atomic E-state index is 12.5. The molecule has 1 heterocycles. The van der Waals surface area contributed by atoms with Crippen LogP contribution in [0, 0.1) is 13.8 Å². The van der Waals surface area contributed by atoms with Gasteiger partial charge in [0.25, 0.3) is 5.91 Å². The molecule has 176 valence electrons. The first-order valence-electron chi connectivity index (χ1n) is 11.2. The van der Waals surface area contributed by atoms with Crippen LogP contribution in [0.5, 0.6) is 11.5 Å². The summed E-state index contributed by atoms with van der Waals surface area (Å²) in [4.78, 5) is 17.3. The number of ether oxygens (including phenoxy) is 2. The van der Waals surface area contributed by atoms with E-state index in [0.29, 0.717) is 23.9 Å². The molecule has 0 bridgehead atoms. The third kappa shape index (κ3) is 5.88. The van der Waals surface area contributed by atoms with Gasteiger partial charge in [-0.05, 0) is 80.4 Å². The molecule has 0 radical (unpaired) electrons. The Morgan fingerprint density at radius 2 is 1.71 bits per heavy atom. The van der Waals surface area contributed by atoms with Gasteiger partial charge < -0.3 is 19.4 Å². The molecule has 7 heteroatoms. The number of benzene rings is 3. The number of halogens is 1. The van der Waals surface area contributed by atoms with E-state index in [1.807, 2.05) is 43.3 Å². The largest absolute Gasteiger partial charge is 0.492 e. The Morgan fingerprint density at radius 3 is 2.44 bits per heavy atom. The van der Waals surface area contributed by atoms with Crippen molar-refractivity contribution < 1.29 is 14.3 Å². The summed E-state index contributed by atoms with van der Waals surface area (Å²) in [5.41, 5.74) is 4.21. The second-order valence-corrected chi connectivity index (χ2v) is 8.75. The molecule has 3 aromatic carbocycles. The molecule has 0 aliphatic heterocycles. The van der Waals surface area contributed by atoms with E-state index in [-0.39, 0.29) is 18.6 Å². The maximum absolute atomic E-state index is 12.5. The lowest BCUT2D eigenvalue weighted by molar-refractivity contribution is -0.123. The van der Waals surface area contributed by atoms with Crippen molar-refractivity contribution in [2.75, 3.05) is 13.2 Å². The minimum atomic E-state index is -0.310. The van der Waals surface area contributed by atoms with Gasteiger partial charge in [-0.1, -0.05) is 29.8 Å². The number of nitrogens with zero attached hydrogens (tertiary/aromatic N) is 2. The third-order valence-corrected chi connectivity index (χ3v) is 5.66. The number of carbonyl (C=O) groups excluding carboxylic acids is 1. The molecule has 1 aromatic heterocycles. The number of hydrogen-bond donors (Lipinski definition) is 1. The van der Waals surface area contributed by atoms with E-state index in [1.165, 1.54) is 11.1 Å². The van der Waals surface area contributed by atoms with Crippen LogP contribution in [0.1, 0.15) is 29.9 Å². The number of carbonyl (C=O) groups is 1. The van der Waals surface area contributed by atoms with Crippen molar-refractivity contribution in [2.45, 2.75) is 33.4 Å². The smallest absolute Gasteiger partial charge is 0.258 e. The molecule has 6 nitrogen and oxygen atoms in total.